The number of esters is 1. The third-order valence-corrected chi connectivity index (χ3v) is 15.6. The molecule has 3 aliphatic heterocycles. The van der Waals surface area contributed by atoms with Crippen molar-refractivity contribution in [2.24, 2.45) is 11.3 Å². The second-order valence-electron chi connectivity index (χ2n) is 19.1. The number of nitrogens with one attached hydrogen (secondary N) is 2. The molecular weight excluding hydrogens is 883 g/mol. The number of amides is 3. The summed E-state index contributed by atoms with van der Waals surface area (Å²) < 4.78 is 20.4. The Morgan fingerprint density at radius 3 is 2.63 bits per heavy atom. The van der Waals surface area contributed by atoms with Crippen LogP contribution in [-0.4, -0.2) is 110 Å². The topological polar surface area (TPSA) is 157 Å². The lowest BCUT2D eigenvalue weighted by Crippen LogP contribution is -2.59. The van der Waals surface area contributed by atoms with Gasteiger partial charge in [0.1, 0.15) is 18.2 Å². The fourth-order valence-corrected chi connectivity index (χ4v) is 11.9. The van der Waals surface area contributed by atoms with E-state index in [2.05, 4.69) is 60.0 Å². The van der Waals surface area contributed by atoms with Crippen LogP contribution in [0.5, 0.6) is 0 Å². The molecule has 2 fully saturated rings. The molecule has 354 valence electrons. The van der Waals surface area contributed by atoms with Gasteiger partial charge in [-0.1, -0.05) is 64.1 Å². The molecule has 2 radical (unpaired) electrons. The average molecular weight is 946 g/mol. The maximum Gasteiger partial charge on any atom is 0.307 e. The van der Waals surface area contributed by atoms with Crippen molar-refractivity contribution in [2.45, 2.75) is 116 Å². The summed E-state index contributed by atoms with van der Waals surface area (Å²) in [6, 6.07) is 18.4. The number of hydrogen-bond acceptors (Lipinski definition) is 11. The van der Waals surface area contributed by atoms with Crippen LogP contribution in [0.15, 0.2) is 72.2 Å². The molecule has 0 aliphatic carbocycles. The Morgan fingerprint density at radius 2 is 1.88 bits per heavy atom. The zero-order valence-corrected chi connectivity index (χ0v) is 41.7. The van der Waals surface area contributed by atoms with Gasteiger partial charge in [-0.2, -0.15) is 0 Å². The minimum Gasteiger partial charge on any atom is -0.465 e. The van der Waals surface area contributed by atoms with Gasteiger partial charge in [-0.3, -0.25) is 34.3 Å². The molecule has 2 saturated heterocycles. The fourth-order valence-electron chi connectivity index (χ4n) is 9.92. The Bertz CT molecular complexity index is 2600. The second-order valence-corrected chi connectivity index (χ2v) is 21.3. The second kappa shape index (κ2) is 20.5. The highest BCUT2D eigenvalue weighted by Crippen LogP contribution is 2.42. The molecule has 0 saturated carbocycles. The van der Waals surface area contributed by atoms with Gasteiger partial charge in [0.2, 0.25) is 5.91 Å². The normalized spacial score (nSPS) is 22.2. The molecule has 6 bridgehead atoms. The summed E-state index contributed by atoms with van der Waals surface area (Å²) >= 11 is 1.44. The summed E-state index contributed by atoms with van der Waals surface area (Å²) in [5.74, 6) is -1.80. The van der Waals surface area contributed by atoms with Gasteiger partial charge in [-0.25, -0.2) is 4.98 Å². The molecule has 67 heavy (non-hydrogen) atoms. The number of methoxy groups -OCH3 is 1. The monoisotopic (exact) mass is 945 g/mol. The van der Waals surface area contributed by atoms with Crippen molar-refractivity contribution >= 4 is 55.6 Å². The van der Waals surface area contributed by atoms with Gasteiger partial charge in [0.05, 0.1) is 40.3 Å². The number of pyridine rings is 1. The van der Waals surface area contributed by atoms with Crippen molar-refractivity contribution in [1.29, 1.82) is 0 Å². The van der Waals surface area contributed by atoms with Crippen LogP contribution in [0.3, 0.4) is 0 Å². The molecular formula is C51H63N7O7SSi. The number of hydrazine groups is 1. The largest absolute Gasteiger partial charge is 0.465 e. The number of benzene rings is 2. The average Bonchev–Trinajstić information content (AvgIpc) is 4.03. The minimum absolute atomic E-state index is 0.117. The van der Waals surface area contributed by atoms with Crippen molar-refractivity contribution in [3.63, 3.8) is 0 Å². The van der Waals surface area contributed by atoms with Gasteiger partial charge in [0.25, 0.3) is 11.8 Å². The van der Waals surface area contributed by atoms with Gasteiger partial charge in [0.15, 0.2) is 9.68 Å². The Hall–Kier alpha value is -5.26. The Morgan fingerprint density at radius 1 is 1.09 bits per heavy atom. The first-order chi connectivity index (χ1) is 32.2. The third-order valence-electron chi connectivity index (χ3n) is 13.4. The van der Waals surface area contributed by atoms with E-state index < -0.39 is 35.1 Å². The van der Waals surface area contributed by atoms with E-state index in [1.807, 2.05) is 62.5 Å². The molecule has 3 aliphatic rings. The van der Waals surface area contributed by atoms with Gasteiger partial charge in [-0.15, -0.1) is 11.3 Å². The van der Waals surface area contributed by atoms with Crippen molar-refractivity contribution in [3.05, 3.63) is 94.1 Å². The van der Waals surface area contributed by atoms with Crippen LogP contribution in [0.4, 0.5) is 0 Å². The molecule has 14 nitrogen and oxygen atoms in total. The number of fused-ring (bicyclic) bond motifs is 7. The molecule has 0 unspecified atom stereocenters. The summed E-state index contributed by atoms with van der Waals surface area (Å²) in [7, 11) is 3.21. The van der Waals surface area contributed by atoms with Crippen molar-refractivity contribution in [1.82, 2.24) is 34.9 Å². The van der Waals surface area contributed by atoms with Gasteiger partial charge < -0.3 is 29.0 Å². The lowest BCUT2D eigenvalue weighted by atomic mass is 9.84. The number of likely N-dealkylation sites (N-methyl/N-ethyl adjacent to an activating group) is 1. The Kier molecular flexibility index (Phi) is 14.8. The van der Waals surface area contributed by atoms with Crippen LogP contribution >= 0.6 is 11.3 Å². The zero-order chi connectivity index (χ0) is 47.6. The maximum atomic E-state index is 14.7. The molecule has 0 spiro atoms. The molecule has 6 heterocycles. The molecule has 16 heteroatoms. The highest BCUT2D eigenvalue weighted by Gasteiger charge is 2.42. The highest BCUT2D eigenvalue weighted by atomic mass is 32.1. The maximum absolute atomic E-state index is 14.7. The molecule has 3 aromatic heterocycles. The quantitative estimate of drug-likeness (QED) is 0.108. The predicted octanol–water partition coefficient (Wildman–Crippen LogP) is 7.30. The standard InChI is InChI=1S/C51H63N7O7SSi/c1-9-57-40-20-19-33-25-36(40)37(45(57)35-17-13-22-52-43(35)31(4)63-8)27-51(5,6)29-65-50(62)41-18-14-23-58(55-67-41)48(60)38(26-42-53-39(33)28-66-42)54-47(59)44(30(2)3)56(7)49(61)46-34(21-24-64-46)32-15-11-10-12-16-32/h10-13,15-17,19-20,22,25,28,30-31,34,38,41,44,46,55H,9,14,18,21,23-24,26-27,29H2,1-8H3,(H,54,59)/t31-,34-,38-,41-,44-,46-/m0/s1. The van der Waals surface area contributed by atoms with Crippen LogP contribution in [-0.2, 0) is 52.8 Å². The SMILES string of the molecule is CCn1c(-c2cccnc2[C@H](C)OC)c2c3cc(ccc31)-c1csc(n1)C[C@H](NC(=O)[C@H](C(C)C)N(C)C(=O)[C@H]1OCC[C@H]1c1ccccc1)C(=O)N1CCC[C@H]([Si]N1)C(=O)OCC(C)(C)C2. The van der Waals surface area contributed by atoms with Gasteiger partial charge >= 0.3 is 5.97 Å². The Labute approximate surface area is 400 Å². The summed E-state index contributed by atoms with van der Waals surface area (Å²) in [5.41, 5.74) is 6.82. The predicted molar refractivity (Wildman–Crippen MR) is 260 cm³/mol. The molecule has 8 rings (SSSR count). The van der Waals surface area contributed by atoms with E-state index in [-0.39, 0.29) is 58.4 Å². The molecule has 5 aromatic rings. The minimum atomic E-state index is -1.03. The van der Waals surface area contributed by atoms with E-state index in [1.165, 1.54) is 21.2 Å². The van der Waals surface area contributed by atoms with Gasteiger partial charge in [-0.05, 0) is 80.8 Å². The number of cyclic esters (lactones) is 1. The number of thiazole rings is 1. The zero-order valence-electron chi connectivity index (χ0n) is 39.8. The number of nitrogens with zero attached hydrogens (tertiary/aromatic N) is 5. The van der Waals surface area contributed by atoms with E-state index in [1.54, 1.807) is 20.4 Å². The van der Waals surface area contributed by atoms with Crippen molar-refractivity contribution < 1.29 is 33.4 Å². The molecule has 6 atom stereocenters. The van der Waals surface area contributed by atoms with Gasteiger partial charge in [0, 0.05) is 85.2 Å². The van der Waals surface area contributed by atoms with Crippen LogP contribution in [0, 0.1) is 11.3 Å². The van der Waals surface area contributed by atoms with E-state index in [0.717, 1.165) is 50.2 Å². The lowest BCUT2D eigenvalue weighted by molar-refractivity contribution is -0.149. The fraction of sp³-hybridized carbons (Fsp3) is 0.490. The number of carbonyl (C=O) groups excluding carboxylic acids is 4. The van der Waals surface area contributed by atoms with E-state index in [0.29, 0.717) is 50.4 Å². The third kappa shape index (κ3) is 10.1. The summed E-state index contributed by atoms with van der Waals surface area (Å²) in [5, 5.41) is 11.6. The molecule has 2 N–H and O–H groups in total. The summed E-state index contributed by atoms with van der Waals surface area (Å²) in [4.78, 5) is 68.9. The van der Waals surface area contributed by atoms with Crippen LogP contribution in [0.2, 0.25) is 5.54 Å². The van der Waals surface area contributed by atoms with Crippen LogP contribution in [0.25, 0.3) is 33.4 Å². The summed E-state index contributed by atoms with van der Waals surface area (Å²) in [6.45, 7) is 13.9. The first-order valence-electron chi connectivity index (χ1n) is 23.5. The molecule has 3 amide bonds. The Balaban J connectivity index is 1.16. The number of carbonyl (C=O) groups is 4. The smallest absolute Gasteiger partial charge is 0.307 e. The lowest BCUT2D eigenvalue weighted by Gasteiger charge is -2.34. The van der Waals surface area contributed by atoms with Crippen LogP contribution in [0.1, 0.15) is 94.7 Å². The molecule has 2 aromatic carbocycles. The number of rotatable bonds is 10. The number of hydrogen-bond donors (Lipinski definition) is 2. The summed E-state index contributed by atoms with van der Waals surface area (Å²) in [6.07, 6.45) is 3.32. The highest BCUT2D eigenvalue weighted by molar-refractivity contribution is 7.10. The van der Waals surface area contributed by atoms with E-state index in [9.17, 15) is 19.2 Å². The first-order valence-corrected chi connectivity index (χ1v) is 25.5. The van der Waals surface area contributed by atoms with E-state index in [4.69, 9.17) is 24.2 Å². The number of aryl methyl sites for hydroxylation is 1. The van der Waals surface area contributed by atoms with Crippen molar-refractivity contribution in [2.75, 3.05) is 33.9 Å². The van der Waals surface area contributed by atoms with E-state index >= 15 is 0 Å². The number of aromatic nitrogens is 3. The van der Waals surface area contributed by atoms with Crippen LogP contribution < -0.4 is 10.4 Å². The number of ether oxygens (including phenoxy) is 3. The first kappa shape index (κ1) is 48.2. The van der Waals surface area contributed by atoms with Crippen molar-refractivity contribution in [3.8, 4) is 22.5 Å².